The van der Waals surface area contributed by atoms with Crippen LogP contribution >= 0.6 is 22.6 Å². The van der Waals surface area contributed by atoms with E-state index in [-0.39, 0.29) is 11.5 Å². The first-order valence-electron chi connectivity index (χ1n) is 5.78. The summed E-state index contributed by atoms with van der Waals surface area (Å²) in [7, 11) is 0. The monoisotopic (exact) mass is 368 g/mol. The number of carbonyl (C=O) groups is 1. The lowest BCUT2D eigenvalue weighted by Crippen LogP contribution is -2.00. The fourth-order valence-corrected chi connectivity index (χ4v) is 2.30. The minimum absolute atomic E-state index is 0.0151. The number of halogens is 1. The molecule has 0 bridgehead atoms. The Bertz CT molecular complexity index is 594. The molecular weight excluding hydrogens is 355 g/mol. The minimum atomic E-state index is -0.162. The van der Waals surface area contributed by atoms with E-state index in [2.05, 4.69) is 0 Å². The molecule has 1 N–H and O–H groups in total. The van der Waals surface area contributed by atoms with Gasteiger partial charge in [-0.1, -0.05) is 30.3 Å². The van der Waals surface area contributed by atoms with Gasteiger partial charge in [-0.15, -0.1) is 0 Å². The molecule has 0 aliphatic heterocycles. The molecule has 2 aromatic rings. The molecule has 4 heteroatoms. The Morgan fingerprint density at radius 1 is 1.21 bits per heavy atom. The molecule has 0 amide bonds. The van der Waals surface area contributed by atoms with Gasteiger partial charge in [0.25, 0.3) is 0 Å². The Kier molecular flexibility index (Phi) is 4.42. The standard InChI is InChI=1S/C15H13IO3/c1-10(17)12-7-8-13(14(16)15(12)18)19-9-11-5-3-2-4-6-11/h2-8,18H,9H2,1H3. The predicted octanol–water partition coefficient (Wildman–Crippen LogP) is 3.78. The summed E-state index contributed by atoms with van der Waals surface area (Å²) in [5.41, 5.74) is 1.37. The summed E-state index contributed by atoms with van der Waals surface area (Å²) in [6.07, 6.45) is 0. The minimum Gasteiger partial charge on any atom is -0.506 e. The highest BCUT2D eigenvalue weighted by molar-refractivity contribution is 14.1. The van der Waals surface area contributed by atoms with Crippen LogP contribution in [0.4, 0.5) is 0 Å². The summed E-state index contributed by atoms with van der Waals surface area (Å²) < 4.78 is 6.22. The van der Waals surface area contributed by atoms with E-state index in [0.717, 1.165) is 5.56 Å². The zero-order chi connectivity index (χ0) is 13.8. The van der Waals surface area contributed by atoms with Crippen molar-refractivity contribution in [1.29, 1.82) is 0 Å². The quantitative estimate of drug-likeness (QED) is 0.660. The second-order valence-electron chi connectivity index (χ2n) is 4.10. The number of rotatable bonds is 4. The number of hydrogen-bond donors (Lipinski definition) is 1. The van der Waals surface area contributed by atoms with Gasteiger partial charge in [-0.2, -0.15) is 0 Å². The number of benzene rings is 2. The smallest absolute Gasteiger partial charge is 0.163 e. The van der Waals surface area contributed by atoms with Crippen molar-refractivity contribution in [2.45, 2.75) is 13.5 Å². The van der Waals surface area contributed by atoms with Crippen LogP contribution in [0.1, 0.15) is 22.8 Å². The van der Waals surface area contributed by atoms with E-state index >= 15 is 0 Å². The maximum Gasteiger partial charge on any atom is 0.163 e. The number of ketones is 1. The van der Waals surface area contributed by atoms with Crippen molar-refractivity contribution in [3.63, 3.8) is 0 Å². The second-order valence-corrected chi connectivity index (χ2v) is 5.18. The molecule has 0 aliphatic carbocycles. The number of phenols is 1. The number of carbonyl (C=O) groups excluding carboxylic acids is 1. The maximum absolute atomic E-state index is 11.3. The zero-order valence-electron chi connectivity index (χ0n) is 10.4. The molecule has 2 rings (SSSR count). The van der Waals surface area contributed by atoms with Crippen LogP contribution in [0.15, 0.2) is 42.5 Å². The number of phenolic OH excluding ortho intramolecular Hbond substituents is 1. The lowest BCUT2D eigenvalue weighted by Gasteiger charge is -2.11. The van der Waals surface area contributed by atoms with Crippen LogP contribution in [0.3, 0.4) is 0 Å². The normalized spacial score (nSPS) is 10.2. The molecule has 0 radical (unpaired) electrons. The average molecular weight is 368 g/mol. The fourth-order valence-electron chi connectivity index (χ4n) is 1.68. The van der Waals surface area contributed by atoms with Crippen LogP contribution in [0, 0.1) is 3.57 Å². The van der Waals surface area contributed by atoms with Gasteiger partial charge in [-0.25, -0.2) is 0 Å². The Labute approximate surface area is 125 Å². The van der Waals surface area contributed by atoms with Gasteiger partial charge in [0.2, 0.25) is 0 Å². The molecule has 0 spiro atoms. The molecule has 19 heavy (non-hydrogen) atoms. The Morgan fingerprint density at radius 3 is 2.53 bits per heavy atom. The second kappa shape index (κ2) is 6.06. The highest BCUT2D eigenvalue weighted by atomic mass is 127. The molecule has 0 aromatic heterocycles. The molecule has 2 aromatic carbocycles. The van der Waals surface area contributed by atoms with Crippen molar-refractivity contribution in [3.8, 4) is 11.5 Å². The molecule has 0 unspecified atom stereocenters. The number of Topliss-reactive ketones (excluding diaryl/α,β-unsaturated/α-hetero) is 1. The topological polar surface area (TPSA) is 46.5 Å². The third-order valence-corrected chi connectivity index (χ3v) is 3.74. The van der Waals surface area contributed by atoms with Crippen LogP contribution in [0.5, 0.6) is 11.5 Å². The van der Waals surface area contributed by atoms with E-state index in [1.165, 1.54) is 6.92 Å². The van der Waals surface area contributed by atoms with Gasteiger partial charge in [0.15, 0.2) is 5.78 Å². The Hall–Kier alpha value is -1.56. The first-order valence-corrected chi connectivity index (χ1v) is 6.86. The lowest BCUT2D eigenvalue weighted by atomic mass is 10.1. The Morgan fingerprint density at radius 2 is 1.89 bits per heavy atom. The molecular formula is C15H13IO3. The summed E-state index contributed by atoms with van der Waals surface area (Å²) >= 11 is 1.98. The Balaban J connectivity index is 2.18. The highest BCUT2D eigenvalue weighted by Gasteiger charge is 2.14. The number of ether oxygens (including phenoxy) is 1. The summed E-state index contributed by atoms with van der Waals surface area (Å²) in [5, 5.41) is 9.94. The van der Waals surface area contributed by atoms with E-state index in [1.807, 2.05) is 52.9 Å². The van der Waals surface area contributed by atoms with Crippen molar-refractivity contribution < 1.29 is 14.6 Å². The summed E-state index contributed by atoms with van der Waals surface area (Å²) in [6, 6.07) is 13.1. The van der Waals surface area contributed by atoms with Crippen molar-refractivity contribution in [2.75, 3.05) is 0 Å². The van der Waals surface area contributed by atoms with E-state index < -0.39 is 0 Å². The van der Waals surface area contributed by atoms with Crippen molar-refractivity contribution in [3.05, 3.63) is 57.2 Å². The average Bonchev–Trinajstić information content (AvgIpc) is 2.41. The van der Waals surface area contributed by atoms with Gasteiger partial charge in [0, 0.05) is 0 Å². The predicted molar refractivity (Wildman–Crippen MR) is 81.6 cm³/mol. The van der Waals surface area contributed by atoms with Crippen LogP contribution < -0.4 is 4.74 Å². The third-order valence-electron chi connectivity index (χ3n) is 2.70. The van der Waals surface area contributed by atoms with Crippen LogP contribution in [0.25, 0.3) is 0 Å². The first-order chi connectivity index (χ1) is 9.09. The largest absolute Gasteiger partial charge is 0.506 e. The van der Waals surface area contributed by atoms with Crippen molar-refractivity contribution >= 4 is 28.4 Å². The molecule has 0 heterocycles. The summed E-state index contributed by atoms with van der Waals surface area (Å²) in [5.74, 6) is 0.399. The van der Waals surface area contributed by atoms with Gasteiger partial charge in [0.05, 0.1) is 9.13 Å². The molecule has 3 nitrogen and oxygen atoms in total. The summed E-state index contributed by atoms with van der Waals surface area (Å²) in [4.78, 5) is 11.3. The van der Waals surface area contributed by atoms with E-state index in [1.54, 1.807) is 12.1 Å². The maximum atomic E-state index is 11.3. The number of hydrogen-bond acceptors (Lipinski definition) is 3. The van der Waals surface area contributed by atoms with Gasteiger partial charge < -0.3 is 9.84 Å². The lowest BCUT2D eigenvalue weighted by molar-refractivity contribution is 0.101. The molecule has 0 saturated heterocycles. The van der Waals surface area contributed by atoms with E-state index in [4.69, 9.17) is 4.74 Å². The summed E-state index contributed by atoms with van der Waals surface area (Å²) in [6.45, 7) is 1.85. The molecule has 0 aliphatic rings. The SMILES string of the molecule is CC(=O)c1ccc(OCc2ccccc2)c(I)c1O. The highest BCUT2D eigenvalue weighted by Crippen LogP contribution is 2.33. The van der Waals surface area contributed by atoms with E-state index in [0.29, 0.717) is 21.5 Å². The molecule has 98 valence electrons. The van der Waals surface area contributed by atoms with Crippen molar-refractivity contribution in [1.82, 2.24) is 0 Å². The molecule has 0 atom stereocenters. The van der Waals surface area contributed by atoms with Gasteiger partial charge in [0.1, 0.15) is 18.1 Å². The molecule has 0 saturated carbocycles. The van der Waals surface area contributed by atoms with Crippen LogP contribution in [-0.2, 0) is 6.61 Å². The fraction of sp³-hybridized carbons (Fsp3) is 0.133. The van der Waals surface area contributed by atoms with Gasteiger partial charge in [-0.05, 0) is 47.2 Å². The van der Waals surface area contributed by atoms with Crippen molar-refractivity contribution in [2.24, 2.45) is 0 Å². The van der Waals surface area contributed by atoms with Crippen LogP contribution in [-0.4, -0.2) is 10.9 Å². The number of aromatic hydroxyl groups is 1. The third kappa shape index (κ3) is 3.26. The van der Waals surface area contributed by atoms with Gasteiger partial charge >= 0.3 is 0 Å². The van der Waals surface area contributed by atoms with Gasteiger partial charge in [-0.3, -0.25) is 4.79 Å². The first kappa shape index (κ1) is 13.9. The van der Waals surface area contributed by atoms with Crippen LogP contribution in [0.2, 0.25) is 0 Å². The van der Waals surface area contributed by atoms with E-state index in [9.17, 15) is 9.90 Å². The zero-order valence-corrected chi connectivity index (χ0v) is 12.5. The molecule has 0 fully saturated rings.